The zero-order valence-electron chi connectivity index (χ0n) is 4.91. The van der Waals surface area contributed by atoms with Gasteiger partial charge in [-0.15, -0.1) is 0 Å². The minimum Gasteiger partial charge on any atom is -0.412 e. The summed E-state index contributed by atoms with van der Waals surface area (Å²) in [5.74, 6) is 1.15. The van der Waals surface area contributed by atoms with Gasteiger partial charge in [-0.3, -0.25) is 0 Å². The van der Waals surface area contributed by atoms with Gasteiger partial charge in [0.25, 0.3) is 0 Å². The summed E-state index contributed by atoms with van der Waals surface area (Å²) in [6, 6.07) is 0. The van der Waals surface area contributed by atoms with E-state index in [0.29, 0.717) is 0 Å². The van der Waals surface area contributed by atoms with Crippen molar-refractivity contribution >= 4 is 0 Å². The topological polar surface area (TPSA) is 31.5 Å². The van der Waals surface area contributed by atoms with Crippen molar-refractivity contribution in [1.82, 2.24) is 0 Å². The van der Waals surface area contributed by atoms with E-state index in [1.165, 1.54) is 25.7 Å². The summed E-state index contributed by atoms with van der Waals surface area (Å²) in [4.78, 5) is 0. The highest BCUT2D eigenvalue weighted by atomic mass is 16.0. The molecule has 1 fully saturated rings. The first-order valence-corrected chi connectivity index (χ1v) is 2.93. The lowest BCUT2D eigenvalue weighted by molar-refractivity contribution is 0.708. The molecule has 0 amide bonds. The third kappa shape index (κ3) is 2.63. The summed E-state index contributed by atoms with van der Waals surface area (Å²) in [6.45, 7) is 2.26. The SMILES string of the molecule is CCCC1CC1.O. The van der Waals surface area contributed by atoms with E-state index in [2.05, 4.69) is 6.92 Å². The molecule has 7 heavy (non-hydrogen) atoms. The van der Waals surface area contributed by atoms with Crippen molar-refractivity contribution in [2.45, 2.75) is 32.6 Å². The van der Waals surface area contributed by atoms with Gasteiger partial charge in [-0.1, -0.05) is 32.6 Å². The van der Waals surface area contributed by atoms with Crippen LogP contribution in [-0.4, -0.2) is 5.48 Å². The molecule has 0 spiro atoms. The number of hydrogen-bond acceptors (Lipinski definition) is 0. The maximum Gasteiger partial charge on any atom is -0.0414 e. The van der Waals surface area contributed by atoms with Gasteiger partial charge in [-0.25, -0.2) is 0 Å². The van der Waals surface area contributed by atoms with Gasteiger partial charge in [-0.05, 0) is 5.92 Å². The van der Waals surface area contributed by atoms with Gasteiger partial charge in [0.2, 0.25) is 0 Å². The normalized spacial score (nSPS) is 18.4. The van der Waals surface area contributed by atoms with Crippen LogP contribution >= 0.6 is 0 Å². The second-order valence-corrected chi connectivity index (χ2v) is 2.23. The van der Waals surface area contributed by atoms with Crippen LogP contribution in [0.1, 0.15) is 32.6 Å². The molecule has 2 N–H and O–H groups in total. The van der Waals surface area contributed by atoms with Gasteiger partial charge in [0.05, 0.1) is 0 Å². The van der Waals surface area contributed by atoms with Gasteiger partial charge in [-0.2, -0.15) is 0 Å². The van der Waals surface area contributed by atoms with E-state index in [1.807, 2.05) is 0 Å². The Labute approximate surface area is 45.0 Å². The summed E-state index contributed by atoms with van der Waals surface area (Å²) in [6.07, 6.45) is 5.92. The predicted octanol–water partition coefficient (Wildman–Crippen LogP) is 1.37. The summed E-state index contributed by atoms with van der Waals surface area (Å²) in [5.41, 5.74) is 0. The van der Waals surface area contributed by atoms with E-state index in [0.717, 1.165) is 5.92 Å². The Balaban J connectivity index is 0.000000360. The Hall–Kier alpha value is -0.0400. The minimum atomic E-state index is 0. The molecule has 1 aliphatic rings. The Kier molecular flexibility index (Phi) is 3.01. The molecule has 1 aliphatic carbocycles. The lowest BCUT2D eigenvalue weighted by atomic mass is 10.2. The van der Waals surface area contributed by atoms with Crippen LogP contribution in [0.5, 0.6) is 0 Å². The smallest absolute Gasteiger partial charge is 0.0414 e. The molecule has 0 aromatic carbocycles. The molecule has 0 heterocycles. The van der Waals surface area contributed by atoms with Crippen molar-refractivity contribution in [3.8, 4) is 0 Å². The molecule has 0 aromatic heterocycles. The van der Waals surface area contributed by atoms with Crippen LogP contribution in [0.2, 0.25) is 0 Å². The van der Waals surface area contributed by atoms with Crippen LogP contribution in [-0.2, 0) is 0 Å². The van der Waals surface area contributed by atoms with Crippen LogP contribution < -0.4 is 0 Å². The van der Waals surface area contributed by atoms with Gasteiger partial charge in [0.15, 0.2) is 0 Å². The number of hydrogen-bond donors (Lipinski definition) is 0. The monoisotopic (exact) mass is 102 g/mol. The summed E-state index contributed by atoms with van der Waals surface area (Å²) < 4.78 is 0. The van der Waals surface area contributed by atoms with Crippen LogP contribution in [0.4, 0.5) is 0 Å². The first-order chi connectivity index (χ1) is 2.93. The molecule has 0 unspecified atom stereocenters. The standard InChI is InChI=1S/C6H12.H2O/c1-2-3-6-4-5-6;/h6H,2-5H2,1H3;1H2. The van der Waals surface area contributed by atoms with E-state index >= 15 is 0 Å². The van der Waals surface area contributed by atoms with Crippen molar-refractivity contribution in [3.63, 3.8) is 0 Å². The minimum absolute atomic E-state index is 0. The Morgan fingerprint density at radius 3 is 2.14 bits per heavy atom. The zero-order valence-corrected chi connectivity index (χ0v) is 4.91. The van der Waals surface area contributed by atoms with E-state index in [1.54, 1.807) is 0 Å². The van der Waals surface area contributed by atoms with Crippen molar-refractivity contribution in [2.75, 3.05) is 0 Å². The largest absolute Gasteiger partial charge is 0.412 e. The molecule has 0 radical (unpaired) electrons. The van der Waals surface area contributed by atoms with E-state index < -0.39 is 0 Å². The van der Waals surface area contributed by atoms with Crippen molar-refractivity contribution in [3.05, 3.63) is 0 Å². The molecule has 0 aliphatic heterocycles. The molecule has 1 heteroatoms. The second kappa shape index (κ2) is 3.03. The molecule has 0 bridgehead atoms. The van der Waals surface area contributed by atoms with Crippen LogP contribution in [0.25, 0.3) is 0 Å². The summed E-state index contributed by atoms with van der Waals surface area (Å²) in [7, 11) is 0. The van der Waals surface area contributed by atoms with Gasteiger partial charge in [0.1, 0.15) is 0 Å². The third-order valence-electron chi connectivity index (χ3n) is 1.39. The molecule has 0 saturated heterocycles. The molecule has 1 rings (SSSR count). The average Bonchev–Trinajstić information content (AvgIpc) is 2.21. The van der Waals surface area contributed by atoms with Crippen LogP contribution in [0.15, 0.2) is 0 Å². The van der Waals surface area contributed by atoms with Gasteiger partial charge >= 0.3 is 0 Å². The zero-order chi connectivity index (χ0) is 4.41. The molecule has 1 saturated carbocycles. The van der Waals surface area contributed by atoms with Gasteiger partial charge < -0.3 is 5.48 Å². The summed E-state index contributed by atoms with van der Waals surface area (Å²) in [5, 5.41) is 0. The highest BCUT2D eigenvalue weighted by Gasteiger charge is 2.18. The van der Waals surface area contributed by atoms with Crippen molar-refractivity contribution in [1.29, 1.82) is 0 Å². The molecule has 0 atom stereocenters. The van der Waals surface area contributed by atoms with Crippen LogP contribution in [0.3, 0.4) is 0 Å². The third-order valence-corrected chi connectivity index (χ3v) is 1.39. The highest BCUT2D eigenvalue weighted by Crippen LogP contribution is 2.32. The summed E-state index contributed by atoms with van der Waals surface area (Å²) >= 11 is 0. The van der Waals surface area contributed by atoms with E-state index in [-0.39, 0.29) is 5.48 Å². The first-order valence-electron chi connectivity index (χ1n) is 2.93. The van der Waals surface area contributed by atoms with Crippen LogP contribution in [0, 0.1) is 5.92 Å². The quantitative estimate of drug-likeness (QED) is 0.504. The van der Waals surface area contributed by atoms with E-state index in [4.69, 9.17) is 0 Å². The fourth-order valence-corrected chi connectivity index (χ4v) is 0.815. The Morgan fingerprint density at radius 2 is 2.00 bits per heavy atom. The van der Waals surface area contributed by atoms with Gasteiger partial charge in [0, 0.05) is 0 Å². The lowest BCUT2D eigenvalue weighted by Gasteiger charge is -1.82. The molecule has 1 nitrogen and oxygen atoms in total. The molecule has 0 aromatic rings. The average molecular weight is 102 g/mol. The maximum atomic E-state index is 2.26. The molecular formula is C6H14O. The Morgan fingerprint density at radius 1 is 1.43 bits per heavy atom. The second-order valence-electron chi connectivity index (χ2n) is 2.23. The predicted molar refractivity (Wildman–Crippen MR) is 31.2 cm³/mol. The maximum absolute atomic E-state index is 2.26. The van der Waals surface area contributed by atoms with Crippen molar-refractivity contribution < 1.29 is 5.48 Å². The number of rotatable bonds is 2. The fourth-order valence-electron chi connectivity index (χ4n) is 0.815. The highest BCUT2D eigenvalue weighted by molar-refractivity contribution is 4.71. The first kappa shape index (κ1) is 6.96. The fraction of sp³-hybridized carbons (Fsp3) is 1.00. The molecular weight excluding hydrogens is 88.1 g/mol. The lowest BCUT2D eigenvalue weighted by Crippen LogP contribution is -1.68. The van der Waals surface area contributed by atoms with Crippen molar-refractivity contribution in [2.24, 2.45) is 5.92 Å². The molecule has 44 valence electrons. The van der Waals surface area contributed by atoms with E-state index in [9.17, 15) is 0 Å². The Bertz CT molecular complexity index is 39.4.